The number of thiophene rings is 1. The molecule has 0 bridgehead atoms. The lowest BCUT2D eigenvalue weighted by molar-refractivity contribution is 0.101. The SMILES string of the molecule is O=C(c1ccco1)c1ccc(CNS(=O)(=O)Cc2cc(F)ccc2F)s1. The Morgan fingerprint density at radius 3 is 2.69 bits per heavy atom. The van der Waals surface area contributed by atoms with Crippen molar-refractivity contribution in [1.29, 1.82) is 0 Å². The molecule has 0 atom stereocenters. The highest BCUT2D eigenvalue weighted by molar-refractivity contribution is 7.88. The first-order valence-corrected chi connectivity index (χ1v) is 9.89. The number of hydrogen-bond acceptors (Lipinski definition) is 5. The average molecular weight is 397 g/mol. The van der Waals surface area contributed by atoms with Crippen molar-refractivity contribution in [2.45, 2.75) is 12.3 Å². The molecule has 0 aliphatic carbocycles. The van der Waals surface area contributed by atoms with Crippen LogP contribution < -0.4 is 4.72 Å². The largest absolute Gasteiger partial charge is 0.461 e. The second kappa shape index (κ2) is 7.48. The number of carbonyl (C=O) groups excluding carboxylic acids is 1. The minimum Gasteiger partial charge on any atom is -0.461 e. The first kappa shape index (κ1) is 18.4. The molecule has 0 aliphatic heterocycles. The predicted molar refractivity (Wildman–Crippen MR) is 92.3 cm³/mol. The van der Waals surface area contributed by atoms with Crippen LogP contribution in [0.5, 0.6) is 0 Å². The lowest BCUT2D eigenvalue weighted by Gasteiger charge is -2.07. The number of sulfonamides is 1. The van der Waals surface area contributed by atoms with E-state index >= 15 is 0 Å². The van der Waals surface area contributed by atoms with Crippen molar-refractivity contribution in [2.75, 3.05) is 0 Å². The minimum absolute atomic E-state index is 0.0601. The zero-order valence-electron chi connectivity index (χ0n) is 13.2. The van der Waals surface area contributed by atoms with Gasteiger partial charge in [-0.1, -0.05) is 0 Å². The van der Waals surface area contributed by atoms with E-state index in [9.17, 15) is 22.0 Å². The number of furan rings is 1. The van der Waals surface area contributed by atoms with Gasteiger partial charge >= 0.3 is 0 Å². The van der Waals surface area contributed by atoms with Gasteiger partial charge in [-0.15, -0.1) is 11.3 Å². The molecule has 2 aromatic heterocycles. The monoisotopic (exact) mass is 397 g/mol. The third-order valence-corrected chi connectivity index (χ3v) is 5.81. The second-order valence-corrected chi connectivity index (χ2v) is 8.36. The number of hydrogen-bond donors (Lipinski definition) is 1. The van der Waals surface area contributed by atoms with Gasteiger partial charge in [0.25, 0.3) is 0 Å². The van der Waals surface area contributed by atoms with E-state index in [0.717, 1.165) is 29.5 Å². The number of rotatable bonds is 7. The summed E-state index contributed by atoms with van der Waals surface area (Å²) in [4.78, 5) is 13.1. The van der Waals surface area contributed by atoms with Crippen LogP contribution in [0.3, 0.4) is 0 Å². The van der Waals surface area contributed by atoms with Gasteiger partial charge in [-0.05, 0) is 42.5 Å². The molecule has 0 saturated carbocycles. The van der Waals surface area contributed by atoms with Crippen LogP contribution in [0.4, 0.5) is 8.78 Å². The van der Waals surface area contributed by atoms with Gasteiger partial charge in [-0.25, -0.2) is 21.9 Å². The van der Waals surface area contributed by atoms with E-state index in [4.69, 9.17) is 4.42 Å². The standard InChI is InChI=1S/C17H13F2NO4S2/c18-12-3-5-14(19)11(8-12)10-26(22,23)20-9-13-4-6-16(25-13)17(21)15-2-1-7-24-15/h1-8,20H,9-10H2. The topological polar surface area (TPSA) is 76.4 Å². The lowest BCUT2D eigenvalue weighted by Crippen LogP contribution is -2.24. The highest BCUT2D eigenvalue weighted by Gasteiger charge is 2.17. The first-order chi connectivity index (χ1) is 12.3. The molecule has 0 radical (unpaired) electrons. The van der Waals surface area contributed by atoms with E-state index < -0.39 is 27.4 Å². The fourth-order valence-corrected chi connectivity index (χ4v) is 4.31. The van der Waals surface area contributed by atoms with Gasteiger partial charge in [-0.2, -0.15) is 0 Å². The van der Waals surface area contributed by atoms with Gasteiger partial charge in [-0.3, -0.25) is 4.79 Å². The Labute approximate surface area is 152 Å². The number of ketones is 1. The van der Waals surface area contributed by atoms with Crippen LogP contribution >= 0.6 is 11.3 Å². The van der Waals surface area contributed by atoms with Gasteiger partial charge in [0.1, 0.15) is 11.6 Å². The number of carbonyl (C=O) groups is 1. The molecule has 9 heteroatoms. The van der Waals surface area contributed by atoms with Gasteiger partial charge in [0.15, 0.2) is 5.76 Å². The van der Waals surface area contributed by atoms with Crippen molar-refractivity contribution in [3.8, 4) is 0 Å². The van der Waals surface area contributed by atoms with Crippen LogP contribution in [0.1, 0.15) is 25.9 Å². The van der Waals surface area contributed by atoms with E-state index in [1.165, 1.54) is 12.3 Å². The molecule has 0 saturated heterocycles. The zero-order chi connectivity index (χ0) is 18.7. The Hall–Kier alpha value is -2.36. The molecule has 2 heterocycles. The fraction of sp³-hybridized carbons (Fsp3) is 0.118. The molecule has 0 unspecified atom stereocenters. The number of halogens is 2. The van der Waals surface area contributed by atoms with Crippen molar-refractivity contribution in [2.24, 2.45) is 0 Å². The van der Waals surface area contributed by atoms with Crippen molar-refractivity contribution in [3.63, 3.8) is 0 Å². The third kappa shape index (κ3) is 4.43. The molecule has 1 aromatic carbocycles. The van der Waals surface area contributed by atoms with Gasteiger partial charge < -0.3 is 4.42 Å². The molecular formula is C17H13F2NO4S2. The normalized spacial score (nSPS) is 11.6. The zero-order valence-corrected chi connectivity index (χ0v) is 14.9. The van der Waals surface area contributed by atoms with Crippen LogP contribution in [0, 0.1) is 11.6 Å². The number of nitrogens with one attached hydrogen (secondary N) is 1. The van der Waals surface area contributed by atoms with Gasteiger partial charge in [0.2, 0.25) is 15.8 Å². The maximum atomic E-state index is 13.6. The van der Waals surface area contributed by atoms with Gasteiger partial charge in [0.05, 0.1) is 16.9 Å². The van der Waals surface area contributed by atoms with Crippen molar-refractivity contribution >= 4 is 27.1 Å². The minimum atomic E-state index is -3.88. The van der Waals surface area contributed by atoms with Crippen LogP contribution in [-0.4, -0.2) is 14.2 Å². The van der Waals surface area contributed by atoms with Gasteiger partial charge in [0, 0.05) is 17.0 Å². The fourth-order valence-electron chi connectivity index (χ4n) is 2.21. The molecule has 0 spiro atoms. The Morgan fingerprint density at radius 1 is 1.15 bits per heavy atom. The summed E-state index contributed by atoms with van der Waals surface area (Å²) in [5, 5.41) is 0. The summed E-state index contributed by atoms with van der Waals surface area (Å²) >= 11 is 1.12. The highest BCUT2D eigenvalue weighted by atomic mass is 32.2. The average Bonchev–Trinajstić information content (AvgIpc) is 3.27. The van der Waals surface area contributed by atoms with Crippen molar-refractivity contribution in [1.82, 2.24) is 4.72 Å². The highest BCUT2D eigenvalue weighted by Crippen LogP contribution is 2.21. The third-order valence-electron chi connectivity index (χ3n) is 3.45. The van der Waals surface area contributed by atoms with E-state index in [2.05, 4.69) is 4.72 Å². The quantitative estimate of drug-likeness (QED) is 0.620. The van der Waals surface area contributed by atoms with Crippen LogP contribution in [0.2, 0.25) is 0 Å². The Morgan fingerprint density at radius 2 is 1.96 bits per heavy atom. The predicted octanol–water partition coefficient (Wildman–Crippen LogP) is 3.47. The van der Waals surface area contributed by atoms with E-state index in [1.54, 1.807) is 18.2 Å². The lowest BCUT2D eigenvalue weighted by atomic mass is 10.2. The molecule has 136 valence electrons. The van der Waals surface area contributed by atoms with Crippen LogP contribution in [-0.2, 0) is 22.3 Å². The van der Waals surface area contributed by atoms with E-state index in [-0.39, 0.29) is 23.7 Å². The second-order valence-electron chi connectivity index (χ2n) is 5.39. The summed E-state index contributed by atoms with van der Waals surface area (Å²) in [6.45, 7) is -0.0601. The van der Waals surface area contributed by atoms with Crippen LogP contribution in [0.15, 0.2) is 53.1 Å². The number of benzene rings is 1. The van der Waals surface area contributed by atoms with E-state index in [1.807, 2.05) is 0 Å². The molecule has 26 heavy (non-hydrogen) atoms. The Bertz CT molecular complexity index is 1030. The van der Waals surface area contributed by atoms with Crippen molar-refractivity contribution in [3.05, 3.63) is 81.4 Å². The molecule has 0 fully saturated rings. The molecule has 3 rings (SSSR count). The summed E-state index contributed by atoms with van der Waals surface area (Å²) in [6, 6.07) is 8.98. The molecule has 5 nitrogen and oxygen atoms in total. The summed E-state index contributed by atoms with van der Waals surface area (Å²) in [7, 11) is -3.88. The molecule has 0 aliphatic rings. The molecule has 1 N–H and O–H groups in total. The van der Waals surface area contributed by atoms with Crippen molar-refractivity contribution < 1.29 is 26.4 Å². The molecule has 3 aromatic rings. The van der Waals surface area contributed by atoms with Crippen LogP contribution in [0.25, 0.3) is 0 Å². The summed E-state index contributed by atoms with van der Waals surface area (Å²) in [6.07, 6.45) is 1.39. The maximum Gasteiger partial charge on any atom is 0.238 e. The summed E-state index contributed by atoms with van der Waals surface area (Å²) < 4.78 is 58.3. The smallest absolute Gasteiger partial charge is 0.238 e. The summed E-state index contributed by atoms with van der Waals surface area (Å²) in [5.74, 6) is -2.29. The molecular weight excluding hydrogens is 384 g/mol. The first-order valence-electron chi connectivity index (χ1n) is 7.42. The summed E-state index contributed by atoms with van der Waals surface area (Å²) in [5.41, 5.74) is -0.252. The molecule has 0 amide bonds. The Balaban J connectivity index is 1.65. The van der Waals surface area contributed by atoms with E-state index in [0.29, 0.717) is 9.75 Å². The maximum absolute atomic E-state index is 13.6. The Kier molecular flexibility index (Phi) is 5.30.